The maximum atomic E-state index is 11.6. The van der Waals surface area contributed by atoms with E-state index in [2.05, 4.69) is 20.4 Å². The van der Waals surface area contributed by atoms with Crippen LogP contribution in [0.1, 0.15) is 122 Å². The van der Waals surface area contributed by atoms with Crippen LogP contribution < -0.4 is 0 Å². The molecule has 0 N–H and O–H groups in total. The molecular formula is C32H52O4. The first kappa shape index (κ1) is 33.6. The van der Waals surface area contributed by atoms with E-state index in [1.54, 1.807) is 0 Å². The van der Waals surface area contributed by atoms with Gasteiger partial charge in [-0.25, -0.2) is 9.59 Å². The summed E-state index contributed by atoms with van der Waals surface area (Å²) in [5.74, 6) is -0.932. The van der Waals surface area contributed by atoms with E-state index in [1.165, 1.54) is 94.8 Å². The highest BCUT2D eigenvalue weighted by Crippen LogP contribution is 2.09. The van der Waals surface area contributed by atoms with E-state index in [1.807, 2.05) is 36.4 Å². The normalized spacial score (nSPS) is 10.5. The number of rotatable bonds is 21. The molecule has 0 amide bonds. The molecule has 0 bridgehead atoms. The molecule has 4 heteroatoms. The minimum atomic E-state index is -0.466. The highest BCUT2D eigenvalue weighted by atomic mass is 16.5. The Bertz CT molecular complexity index is 630. The third-order valence-electron chi connectivity index (χ3n) is 5.88. The SMILES string of the molecule is C=Cc1ccccc1.CCCCCCCCCCOC(=O)C=CC(=O)OCCCCCCCCCC. The number of benzene rings is 1. The van der Waals surface area contributed by atoms with Gasteiger partial charge in [0.15, 0.2) is 0 Å². The van der Waals surface area contributed by atoms with Crippen LogP contribution >= 0.6 is 0 Å². The van der Waals surface area contributed by atoms with Crippen molar-refractivity contribution in [3.63, 3.8) is 0 Å². The Kier molecular flexibility index (Phi) is 25.4. The Hall–Kier alpha value is -2.36. The van der Waals surface area contributed by atoms with Gasteiger partial charge in [-0.3, -0.25) is 0 Å². The summed E-state index contributed by atoms with van der Waals surface area (Å²) in [6.45, 7) is 8.92. The number of hydrogen-bond acceptors (Lipinski definition) is 4. The van der Waals surface area contributed by atoms with Gasteiger partial charge in [-0.1, -0.05) is 147 Å². The van der Waals surface area contributed by atoms with Gasteiger partial charge >= 0.3 is 11.9 Å². The molecule has 0 aliphatic rings. The maximum absolute atomic E-state index is 11.6. The van der Waals surface area contributed by atoms with Crippen LogP contribution in [-0.2, 0) is 19.1 Å². The van der Waals surface area contributed by atoms with Crippen LogP contribution in [0.25, 0.3) is 6.08 Å². The molecule has 0 spiro atoms. The number of hydrogen-bond donors (Lipinski definition) is 0. The van der Waals surface area contributed by atoms with E-state index in [0.717, 1.165) is 25.7 Å². The van der Waals surface area contributed by atoms with E-state index in [9.17, 15) is 9.59 Å². The van der Waals surface area contributed by atoms with E-state index in [-0.39, 0.29) is 0 Å². The Morgan fingerprint density at radius 2 is 0.972 bits per heavy atom. The number of carbonyl (C=O) groups is 2. The minimum absolute atomic E-state index is 0.422. The van der Waals surface area contributed by atoms with Gasteiger partial charge in [-0.05, 0) is 18.4 Å². The predicted molar refractivity (Wildman–Crippen MR) is 153 cm³/mol. The average molecular weight is 501 g/mol. The molecule has 1 rings (SSSR count). The van der Waals surface area contributed by atoms with Crippen LogP contribution in [0.3, 0.4) is 0 Å². The van der Waals surface area contributed by atoms with Gasteiger partial charge in [0, 0.05) is 12.2 Å². The summed E-state index contributed by atoms with van der Waals surface area (Å²) in [7, 11) is 0. The summed E-state index contributed by atoms with van der Waals surface area (Å²) in [4.78, 5) is 23.1. The van der Waals surface area contributed by atoms with Crippen molar-refractivity contribution >= 4 is 18.0 Å². The second-order valence-corrected chi connectivity index (χ2v) is 9.23. The van der Waals surface area contributed by atoms with Crippen molar-refractivity contribution in [2.45, 2.75) is 117 Å². The molecule has 4 nitrogen and oxygen atoms in total. The average Bonchev–Trinajstić information content (AvgIpc) is 2.91. The summed E-state index contributed by atoms with van der Waals surface area (Å²) in [6.07, 6.45) is 23.5. The highest BCUT2D eigenvalue weighted by Gasteiger charge is 2.01. The second kappa shape index (κ2) is 27.2. The summed E-state index contributed by atoms with van der Waals surface area (Å²) in [5.41, 5.74) is 1.17. The van der Waals surface area contributed by atoms with Crippen LogP contribution in [0.5, 0.6) is 0 Å². The lowest BCUT2D eigenvalue weighted by Gasteiger charge is -2.03. The molecule has 0 fully saturated rings. The predicted octanol–water partition coefficient (Wildman–Crippen LogP) is 9.24. The van der Waals surface area contributed by atoms with Crippen LogP contribution in [-0.4, -0.2) is 25.2 Å². The molecule has 0 heterocycles. The van der Waals surface area contributed by atoms with Gasteiger partial charge in [0.25, 0.3) is 0 Å². The van der Waals surface area contributed by atoms with Crippen molar-refractivity contribution in [1.29, 1.82) is 0 Å². The molecule has 0 aliphatic carbocycles. The smallest absolute Gasteiger partial charge is 0.331 e. The maximum Gasteiger partial charge on any atom is 0.331 e. The lowest BCUT2D eigenvalue weighted by molar-refractivity contribution is -0.140. The van der Waals surface area contributed by atoms with Gasteiger partial charge in [0.05, 0.1) is 13.2 Å². The van der Waals surface area contributed by atoms with Gasteiger partial charge in [-0.15, -0.1) is 0 Å². The van der Waals surface area contributed by atoms with Crippen molar-refractivity contribution in [2.24, 2.45) is 0 Å². The van der Waals surface area contributed by atoms with Crippen LogP contribution in [0.15, 0.2) is 49.1 Å². The number of carbonyl (C=O) groups excluding carboxylic acids is 2. The molecule has 204 valence electrons. The molecule has 0 aliphatic heterocycles. The fourth-order valence-electron chi connectivity index (χ4n) is 3.64. The summed E-state index contributed by atoms with van der Waals surface area (Å²) >= 11 is 0. The zero-order valence-corrected chi connectivity index (χ0v) is 23.2. The Balaban J connectivity index is 0.00000128. The van der Waals surface area contributed by atoms with Crippen molar-refractivity contribution in [3.8, 4) is 0 Å². The zero-order chi connectivity index (χ0) is 26.5. The molecular weight excluding hydrogens is 448 g/mol. The Labute approximate surface area is 221 Å². The first-order valence-electron chi connectivity index (χ1n) is 14.3. The fourth-order valence-corrected chi connectivity index (χ4v) is 3.64. The first-order chi connectivity index (χ1) is 17.6. The largest absolute Gasteiger partial charge is 0.463 e. The number of esters is 2. The monoisotopic (exact) mass is 500 g/mol. The molecule has 0 aromatic heterocycles. The molecule has 0 saturated carbocycles. The van der Waals surface area contributed by atoms with Crippen molar-refractivity contribution in [1.82, 2.24) is 0 Å². The molecule has 0 atom stereocenters. The van der Waals surface area contributed by atoms with Gasteiger partial charge in [0.2, 0.25) is 0 Å². The Morgan fingerprint density at radius 3 is 1.31 bits per heavy atom. The van der Waals surface area contributed by atoms with Gasteiger partial charge in [0.1, 0.15) is 0 Å². The molecule has 1 aromatic carbocycles. The summed E-state index contributed by atoms with van der Waals surface area (Å²) in [6, 6.07) is 10.0. The second-order valence-electron chi connectivity index (χ2n) is 9.23. The van der Waals surface area contributed by atoms with Gasteiger partial charge < -0.3 is 9.47 Å². The zero-order valence-electron chi connectivity index (χ0n) is 23.2. The number of ether oxygens (including phenoxy) is 2. The van der Waals surface area contributed by atoms with Crippen LogP contribution in [0.4, 0.5) is 0 Å². The molecule has 0 saturated heterocycles. The minimum Gasteiger partial charge on any atom is -0.463 e. The van der Waals surface area contributed by atoms with Crippen molar-refractivity contribution < 1.29 is 19.1 Å². The standard InChI is InChI=1S/C24H44O4.C8H8/c1-3-5-7-9-11-13-15-17-21-27-23(25)19-20-24(26)28-22-18-16-14-12-10-8-6-4-2;1-2-8-6-4-3-5-7-8/h19-20H,3-18,21-22H2,1-2H3;2-7H,1H2. The molecule has 0 unspecified atom stereocenters. The van der Waals surface area contributed by atoms with Crippen molar-refractivity contribution in [3.05, 3.63) is 54.6 Å². The third-order valence-corrected chi connectivity index (χ3v) is 5.88. The first-order valence-corrected chi connectivity index (χ1v) is 14.3. The van der Waals surface area contributed by atoms with E-state index >= 15 is 0 Å². The van der Waals surface area contributed by atoms with E-state index < -0.39 is 11.9 Å². The molecule has 1 aromatic rings. The molecule has 36 heavy (non-hydrogen) atoms. The quantitative estimate of drug-likeness (QED) is 0.0958. The highest BCUT2D eigenvalue weighted by molar-refractivity contribution is 5.91. The van der Waals surface area contributed by atoms with Crippen LogP contribution in [0, 0.1) is 0 Å². The summed E-state index contributed by atoms with van der Waals surface area (Å²) < 4.78 is 10.2. The van der Waals surface area contributed by atoms with E-state index in [0.29, 0.717) is 13.2 Å². The molecule has 0 radical (unpaired) electrons. The van der Waals surface area contributed by atoms with Crippen molar-refractivity contribution in [2.75, 3.05) is 13.2 Å². The Morgan fingerprint density at radius 1 is 0.611 bits per heavy atom. The van der Waals surface area contributed by atoms with Gasteiger partial charge in [-0.2, -0.15) is 0 Å². The lowest BCUT2D eigenvalue weighted by atomic mass is 10.1. The van der Waals surface area contributed by atoms with Crippen LogP contribution in [0.2, 0.25) is 0 Å². The summed E-state index contributed by atoms with van der Waals surface area (Å²) in [5, 5.41) is 0. The lowest BCUT2D eigenvalue weighted by Crippen LogP contribution is -2.06. The fraction of sp³-hybridized carbons (Fsp3) is 0.625. The van der Waals surface area contributed by atoms with E-state index in [4.69, 9.17) is 9.47 Å². The topological polar surface area (TPSA) is 52.6 Å². The third kappa shape index (κ3) is 24.8. The number of unbranched alkanes of at least 4 members (excludes halogenated alkanes) is 14.